The van der Waals surface area contributed by atoms with Crippen LogP contribution >= 0.6 is 0 Å². The molecular weight excluding hydrogens is 208 g/mol. The zero-order valence-corrected chi connectivity index (χ0v) is 9.32. The van der Waals surface area contributed by atoms with Crippen molar-refractivity contribution >= 4 is 12.0 Å². The third-order valence-electron chi connectivity index (χ3n) is 3.03. The van der Waals surface area contributed by atoms with E-state index in [4.69, 9.17) is 5.11 Å². The number of aliphatic carboxylic acids is 1. The fourth-order valence-electron chi connectivity index (χ4n) is 1.66. The molecule has 2 N–H and O–H groups in total. The molecule has 0 spiro atoms. The van der Waals surface area contributed by atoms with Gasteiger partial charge in [-0.15, -0.1) is 0 Å². The summed E-state index contributed by atoms with van der Waals surface area (Å²) in [6, 6.07) is -0.221. The topological polar surface area (TPSA) is 69.6 Å². The molecule has 90 valence electrons. The van der Waals surface area contributed by atoms with Crippen LogP contribution < -0.4 is 5.32 Å². The van der Waals surface area contributed by atoms with Crippen LogP contribution in [0.3, 0.4) is 0 Å². The molecule has 2 fully saturated rings. The van der Waals surface area contributed by atoms with E-state index in [-0.39, 0.29) is 12.6 Å². The third kappa shape index (κ3) is 3.72. The fraction of sp³-hybridized carbons (Fsp3) is 0.818. The van der Waals surface area contributed by atoms with Crippen molar-refractivity contribution in [3.05, 3.63) is 0 Å². The quantitative estimate of drug-likeness (QED) is 0.707. The van der Waals surface area contributed by atoms with Gasteiger partial charge >= 0.3 is 12.0 Å². The number of nitrogens with zero attached hydrogens (tertiary/aromatic N) is 1. The molecule has 0 unspecified atom stereocenters. The van der Waals surface area contributed by atoms with Gasteiger partial charge in [0.15, 0.2) is 0 Å². The van der Waals surface area contributed by atoms with Crippen molar-refractivity contribution in [1.82, 2.24) is 10.2 Å². The van der Waals surface area contributed by atoms with Gasteiger partial charge in [0.25, 0.3) is 0 Å². The van der Waals surface area contributed by atoms with Gasteiger partial charge in [-0.2, -0.15) is 0 Å². The summed E-state index contributed by atoms with van der Waals surface area (Å²) in [6.45, 7) is 1.09. The highest BCUT2D eigenvalue weighted by Crippen LogP contribution is 2.30. The lowest BCUT2D eigenvalue weighted by Crippen LogP contribution is -2.44. The first kappa shape index (κ1) is 11.2. The van der Waals surface area contributed by atoms with Crippen molar-refractivity contribution < 1.29 is 14.7 Å². The zero-order chi connectivity index (χ0) is 11.5. The molecule has 0 aliphatic heterocycles. The highest BCUT2D eigenvalue weighted by Gasteiger charge is 2.29. The lowest BCUT2D eigenvalue weighted by molar-refractivity contribution is -0.137. The van der Waals surface area contributed by atoms with Crippen LogP contribution in [0.5, 0.6) is 0 Å². The van der Waals surface area contributed by atoms with Gasteiger partial charge < -0.3 is 15.3 Å². The van der Waals surface area contributed by atoms with Crippen LogP contribution in [0.15, 0.2) is 0 Å². The Morgan fingerprint density at radius 1 is 1.19 bits per heavy atom. The molecular formula is C11H18N2O3. The second-order valence-electron chi connectivity index (χ2n) is 4.85. The predicted molar refractivity (Wildman–Crippen MR) is 58.1 cm³/mol. The number of nitrogens with one attached hydrogen (secondary N) is 1. The standard InChI is InChI=1S/C11H18N2O3/c14-10(15)7-13(6-9-3-4-9)11(16)12-5-8-1-2-8/h8-9H,1-7H2,(H,12,16)(H,14,15). The Kier molecular flexibility index (Phi) is 3.31. The van der Waals surface area contributed by atoms with E-state index in [1.807, 2.05) is 0 Å². The second kappa shape index (κ2) is 4.72. The fourth-order valence-corrected chi connectivity index (χ4v) is 1.66. The van der Waals surface area contributed by atoms with E-state index in [2.05, 4.69) is 5.32 Å². The lowest BCUT2D eigenvalue weighted by atomic mass is 10.3. The van der Waals surface area contributed by atoms with Crippen LogP contribution in [-0.4, -0.2) is 41.6 Å². The lowest BCUT2D eigenvalue weighted by Gasteiger charge is -2.20. The normalized spacial score (nSPS) is 19.2. The van der Waals surface area contributed by atoms with Crippen molar-refractivity contribution in [1.29, 1.82) is 0 Å². The van der Waals surface area contributed by atoms with E-state index in [0.717, 1.165) is 12.8 Å². The highest BCUT2D eigenvalue weighted by atomic mass is 16.4. The molecule has 0 aromatic rings. The number of rotatable bonds is 6. The third-order valence-corrected chi connectivity index (χ3v) is 3.03. The number of urea groups is 1. The summed E-state index contributed by atoms with van der Waals surface area (Å²) in [7, 11) is 0. The van der Waals surface area contributed by atoms with Gasteiger partial charge in [0.1, 0.15) is 6.54 Å². The van der Waals surface area contributed by atoms with E-state index >= 15 is 0 Å². The molecule has 2 rings (SSSR count). The number of carboxylic acids is 1. The molecule has 0 radical (unpaired) electrons. The minimum Gasteiger partial charge on any atom is -0.480 e. The summed E-state index contributed by atoms with van der Waals surface area (Å²) in [5.41, 5.74) is 0. The molecule has 0 heterocycles. The van der Waals surface area contributed by atoms with Crippen LogP contribution in [0.25, 0.3) is 0 Å². The number of hydrogen-bond donors (Lipinski definition) is 2. The Hall–Kier alpha value is -1.26. The van der Waals surface area contributed by atoms with E-state index in [1.54, 1.807) is 0 Å². The number of carbonyl (C=O) groups excluding carboxylic acids is 1. The number of hydrogen-bond acceptors (Lipinski definition) is 2. The Morgan fingerprint density at radius 2 is 1.81 bits per heavy atom. The van der Waals surface area contributed by atoms with E-state index in [0.29, 0.717) is 24.9 Å². The molecule has 0 aromatic heterocycles. The van der Waals surface area contributed by atoms with Crippen LogP contribution in [0.2, 0.25) is 0 Å². The zero-order valence-electron chi connectivity index (χ0n) is 9.32. The summed E-state index contributed by atoms with van der Waals surface area (Å²) in [6.07, 6.45) is 4.60. The molecule has 2 aliphatic carbocycles. The maximum absolute atomic E-state index is 11.7. The molecule has 2 amide bonds. The van der Waals surface area contributed by atoms with Gasteiger partial charge in [-0.05, 0) is 37.5 Å². The first-order valence-corrected chi connectivity index (χ1v) is 5.89. The van der Waals surface area contributed by atoms with Crippen molar-refractivity contribution in [3.8, 4) is 0 Å². The summed E-state index contributed by atoms with van der Waals surface area (Å²) in [4.78, 5) is 23.8. The maximum Gasteiger partial charge on any atom is 0.323 e. The van der Waals surface area contributed by atoms with E-state index in [9.17, 15) is 9.59 Å². The van der Waals surface area contributed by atoms with Crippen molar-refractivity contribution in [2.45, 2.75) is 25.7 Å². The van der Waals surface area contributed by atoms with Crippen LogP contribution in [0.1, 0.15) is 25.7 Å². The highest BCUT2D eigenvalue weighted by molar-refractivity contribution is 5.80. The molecule has 0 atom stereocenters. The van der Waals surface area contributed by atoms with Crippen molar-refractivity contribution in [2.24, 2.45) is 11.8 Å². The average Bonchev–Trinajstić information content (AvgIpc) is 3.06. The van der Waals surface area contributed by atoms with Gasteiger partial charge in [-0.3, -0.25) is 4.79 Å². The predicted octanol–water partition coefficient (Wildman–Crippen LogP) is 0.903. The molecule has 16 heavy (non-hydrogen) atoms. The van der Waals surface area contributed by atoms with Gasteiger partial charge in [0.2, 0.25) is 0 Å². The van der Waals surface area contributed by atoms with Gasteiger partial charge in [-0.25, -0.2) is 4.79 Å². The second-order valence-corrected chi connectivity index (χ2v) is 4.85. The number of amides is 2. The minimum atomic E-state index is -0.942. The molecule has 5 nitrogen and oxygen atoms in total. The van der Waals surface area contributed by atoms with Crippen molar-refractivity contribution in [2.75, 3.05) is 19.6 Å². The molecule has 2 aliphatic rings. The summed E-state index contributed by atoms with van der Waals surface area (Å²) in [5, 5.41) is 11.5. The van der Waals surface area contributed by atoms with Gasteiger partial charge in [-0.1, -0.05) is 0 Å². The first-order chi connectivity index (χ1) is 7.65. The Balaban J connectivity index is 1.76. The number of carbonyl (C=O) groups is 2. The van der Waals surface area contributed by atoms with Crippen LogP contribution in [0.4, 0.5) is 4.79 Å². The summed E-state index contributed by atoms with van der Waals surface area (Å²) >= 11 is 0. The Labute approximate surface area is 94.8 Å². The largest absolute Gasteiger partial charge is 0.480 e. The van der Waals surface area contributed by atoms with Gasteiger partial charge in [0, 0.05) is 13.1 Å². The molecule has 5 heteroatoms. The SMILES string of the molecule is O=C(O)CN(CC1CC1)C(=O)NCC1CC1. The smallest absolute Gasteiger partial charge is 0.323 e. The van der Waals surface area contributed by atoms with Crippen molar-refractivity contribution in [3.63, 3.8) is 0 Å². The summed E-state index contributed by atoms with van der Waals surface area (Å²) < 4.78 is 0. The Bertz CT molecular complexity index is 285. The van der Waals surface area contributed by atoms with Gasteiger partial charge in [0.05, 0.1) is 0 Å². The first-order valence-electron chi connectivity index (χ1n) is 5.89. The molecule has 0 bridgehead atoms. The Morgan fingerprint density at radius 3 is 2.31 bits per heavy atom. The maximum atomic E-state index is 11.7. The summed E-state index contributed by atoms with van der Waals surface area (Å²) in [5.74, 6) is 0.199. The average molecular weight is 226 g/mol. The van der Waals surface area contributed by atoms with E-state index in [1.165, 1.54) is 17.7 Å². The van der Waals surface area contributed by atoms with E-state index < -0.39 is 5.97 Å². The minimum absolute atomic E-state index is 0.188. The van der Waals surface area contributed by atoms with Crippen LogP contribution in [-0.2, 0) is 4.79 Å². The monoisotopic (exact) mass is 226 g/mol. The molecule has 0 aromatic carbocycles. The number of carboxylic acid groups (broad SMARTS) is 1. The van der Waals surface area contributed by atoms with Crippen LogP contribution in [0, 0.1) is 11.8 Å². The molecule has 2 saturated carbocycles. The molecule has 0 saturated heterocycles.